The Morgan fingerprint density at radius 2 is 2.08 bits per heavy atom. The molecule has 0 atom stereocenters. The summed E-state index contributed by atoms with van der Waals surface area (Å²) in [6.45, 7) is 4.05. The van der Waals surface area contributed by atoms with Crippen LogP contribution in [0.25, 0.3) is 0 Å². The Kier molecular flexibility index (Phi) is 2.98. The van der Waals surface area contributed by atoms with Gasteiger partial charge in [-0.1, -0.05) is 19.9 Å². The van der Waals surface area contributed by atoms with Crippen molar-refractivity contribution >= 4 is 18.6 Å². The zero-order valence-electron chi connectivity index (χ0n) is 7.61. The molecule has 1 aromatic carbocycles. The maximum absolute atomic E-state index is 10.7. The average Bonchev–Trinajstić information content (AvgIpc) is 2.04. The van der Waals surface area contributed by atoms with Crippen LogP contribution in [0.5, 0.6) is 0 Å². The molecular weight excluding hydrogens is 184 g/mol. The van der Waals surface area contributed by atoms with Gasteiger partial charge in [-0.25, -0.2) is 4.79 Å². The Hall–Kier alpha value is -0.960. The molecule has 1 N–H and O–H groups in total. The van der Waals surface area contributed by atoms with E-state index in [1.54, 1.807) is 12.1 Å². The third-order valence-electron chi connectivity index (χ3n) is 1.92. The summed E-state index contributed by atoms with van der Waals surface area (Å²) in [7, 11) is 0. The van der Waals surface area contributed by atoms with Gasteiger partial charge in [0.15, 0.2) is 0 Å². The van der Waals surface area contributed by atoms with Crippen molar-refractivity contribution in [1.82, 2.24) is 0 Å². The predicted molar refractivity (Wildman–Crippen MR) is 54.7 cm³/mol. The van der Waals surface area contributed by atoms with Crippen molar-refractivity contribution in [2.45, 2.75) is 24.7 Å². The fourth-order valence-corrected chi connectivity index (χ4v) is 1.32. The first-order chi connectivity index (χ1) is 6.02. The summed E-state index contributed by atoms with van der Waals surface area (Å²) in [6.07, 6.45) is 0. The Labute approximate surface area is 83.0 Å². The van der Waals surface area contributed by atoms with Crippen LogP contribution < -0.4 is 0 Å². The molecule has 0 heterocycles. The monoisotopic (exact) mass is 196 g/mol. The van der Waals surface area contributed by atoms with Crippen LogP contribution in [0.15, 0.2) is 23.1 Å². The summed E-state index contributed by atoms with van der Waals surface area (Å²) in [4.78, 5) is 11.3. The zero-order chi connectivity index (χ0) is 10.0. The molecule has 0 spiro atoms. The summed E-state index contributed by atoms with van der Waals surface area (Å²) in [5, 5.41) is 8.82. The number of aromatic carboxylic acids is 1. The molecule has 0 radical (unpaired) electrons. The van der Waals surface area contributed by atoms with Gasteiger partial charge in [0.2, 0.25) is 0 Å². The van der Waals surface area contributed by atoms with Gasteiger partial charge in [-0.05, 0) is 23.6 Å². The van der Waals surface area contributed by atoms with Crippen LogP contribution >= 0.6 is 12.6 Å². The number of hydrogen-bond acceptors (Lipinski definition) is 2. The van der Waals surface area contributed by atoms with E-state index in [-0.39, 0.29) is 5.56 Å². The number of carboxylic acid groups (broad SMARTS) is 1. The lowest BCUT2D eigenvalue weighted by molar-refractivity contribution is 0.0693. The van der Waals surface area contributed by atoms with E-state index in [2.05, 4.69) is 12.6 Å². The molecule has 2 nitrogen and oxygen atoms in total. The van der Waals surface area contributed by atoms with Crippen LogP contribution in [0.2, 0.25) is 0 Å². The smallest absolute Gasteiger partial charge is 0.336 e. The van der Waals surface area contributed by atoms with Crippen molar-refractivity contribution in [3.8, 4) is 0 Å². The van der Waals surface area contributed by atoms with Crippen molar-refractivity contribution in [2.24, 2.45) is 0 Å². The van der Waals surface area contributed by atoms with Gasteiger partial charge in [-0.2, -0.15) is 0 Å². The molecule has 0 saturated heterocycles. The summed E-state index contributed by atoms with van der Waals surface area (Å²) >= 11 is 4.07. The minimum Gasteiger partial charge on any atom is -0.478 e. The lowest BCUT2D eigenvalue weighted by Crippen LogP contribution is -2.00. The second-order valence-corrected chi connectivity index (χ2v) is 3.72. The average molecular weight is 196 g/mol. The highest BCUT2D eigenvalue weighted by atomic mass is 32.1. The van der Waals surface area contributed by atoms with Gasteiger partial charge >= 0.3 is 5.97 Å². The Morgan fingerprint density at radius 3 is 2.54 bits per heavy atom. The SMILES string of the molecule is CC(C)c1ccc(S)c(C(=O)O)c1. The van der Waals surface area contributed by atoms with Gasteiger partial charge in [-0.3, -0.25) is 0 Å². The molecule has 0 aliphatic carbocycles. The van der Waals surface area contributed by atoms with Crippen molar-refractivity contribution < 1.29 is 9.90 Å². The predicted octanol–water partition coefficient (Wildman–Crippen LogP) is 2.80. The minimum absolute atomic E-state index is 0.273. The summed E-state index contributed by atoms with van der Waals surface area (Å²) in [5.41, 5.74) is 1.30. The number of carbonyl (C=O) groups is 1. The molecule has 13 heavy (non-hydrogen) atoms. The Morgan fingerprint density at radius 1 is 1.46 bits per heavy atom. The first-order valence-electron chi connectivity index (χ1n) is 4.08. The molecule has 0 bridgehead atoms. The van der Waals surface area contributed by atoms with E-state index in [0.29, 0.717) is 10.8 Å². The molecule has 0 aliphatic rings. The summed E-state index contributed by atoms with van der Waals surface area (Å²) in [6, 6.07) is 5.30. The Bertz CT molecular complexity index is 332. The lowest BCUT2D eigenvalue weighted by atomic mass is 10.0. The van der Waals surface area contributed by atoms with Crippen LogP contribution in [0.4, 0.5) is 0 Å². The summed E-state index contributed by atoms with van der Waals surface area (Å²) in [5.74, 6) is -0.584. The number of thiol groups is 1. The van der Waals surface area contributed by atoms with Gasteiger partial charge < -0.3 is 5.11 Å². The van der Waals surface area contributed by atoms with E-state index in [1.807, 2.05) is 19.9 Å². The standard InChI is InChI=1S/C10H12O2S/c1-6(2)7-3-4-9(13)8(5-7)10(11)12/h3-6,13H,1-2H3,(H,11,12). The normalized spacial score (nSPS) is 10.5. The maximum atomic E-state index is 10.7. The molecule has 3 heteroatoms. The zero-order valence-corrected chi connectivity index (χ0v) is 8.51. The van der Waals surface area contributed by atoms with E-state index < -0.39 is 5.97 Å². The van der Waals surface area contributed by atoms with Gasteiger partial charge in [0, 0.05) is 4.90 Å². The number of hydrogen-bond donors (Lipinski definition) is 2. The van der Waals surface area contributed by atoms with Gasteiger partial charge in [0.25, 0.3) is 0 Å². The lowest BCUT2D eigenvalue weighted by Gasteiger charge is -2.07. The highest BCUT2D eigenvalue weighted by molar-refractivity contribution is 7.80. The largest absolute Gasteiger partial charge is 0.478 e. The van der Waals surface area contributed by atoms with Crippen LogP contribution in [-0.2, 0) is 0 Å². The highest BCUT2D eigenvalue weighted by Crippen LogP contribution is 2.21. The number of benzene rings is 1. The first-order valence-corrected chi connectivity index (χ1v) is 4.53. The van der Waals surface area contributed by atoms with Crippen LogP contribution in [-0.4, -0.2) is 11.1 Å². The molecule has 0 saturated carbocycles. The molecule has 0 aliphatic heterocycles. The molecule has 1 aromatic rings. The molecule has 0 unspecified atom stereocenters. The van der Waals surface area contributed by atoms with Gasteiger partial charge in [0.1, 0.15) is 0 Å². The first kappa shape index (κ1) is 10.1. The van der Waals surface area contributed by atoms with E-state index >= 15 is 0 Å². The third-order valence-corrected chi connectivity index (χ3v) is 2.31. The van der Waals surface area contributed by atoms with Crippen LogP contribution in [0.1, 0.15) is 35.7 Å². The van der Waals surface area contributed by atoms with E-state index in [1.165, 1.54) is 0 Å². The highest BCUT2D eigenvalue weighted by Gasteiger charge is 2.09. The fourth-order valence-electron chi connectivity index (χ4n) is 1.08. The molecule has 0 amide bonds. The minimum atomic E-state index is -0.924. The fraction of sp³-hybridized carbons (Fsp3) is 0.300. The van der Waals surface area contributed by atoms with E-state index in [9.17, 15) is 4.79 Å². The summed E-state index contributed by atoms with van der Waals surface area (Å²) < 4.78 is 0. The van der Waals surface area contributed by atoms with Crippen molar-refractivity contribution in [3.63, 3.8) is 0 Å². The quantitative estimate of drug-likeness (QED) is 0.714. The number of carboxylic acids is 1. The van der Waals surface area contributed by atoms with E-state index in [4.69, 9.17) is 5.11 Å². The second-order valence-electron chi connectivity index (χ2n) is 3.24. The molecule has 0 aromatic heterocycles. The number of rotatable bonds is 2. The maximum Gasteiger partial charge on any atom is 0.336 e. The third kappa shape index (κ3) is 2.25. The van der Waals surface area contributed by atoms with Gasteiger partial charge in [0.05, 0.1) is 5.56 Å². The van der Waals surface area contributed by atoms with Crippen LogP contribution in [0.3, 0.4) is 0 Å². The molecule has 70 valence electrons. The Balaban J connectivity index is 3.19. The molecule has 0 fully saturated rings. The molecule has 1 rings (SSSR count). The van der Waals surface area contributed by atoms with Crippen LogP contribution in [0, 0.1) is 0 Å². The van der Waals surface area contributed by atoms with Crippen molar-refractivity contribution in [3.05, 3.63) is 29.3 Å². The van der Waals surface area contributed by atoms with Crippen molar-refractivity contribution in [1.29, 1.82) is 0 Å². The second kappa shape index (κ2) is 3.83. The van der Waals surface area contributed by atoms with E-state index in [0.717, 1.165) is 5.56 Å². The topological polar surface area (TPSA) is 37.3 Å². The van der Waals surface area contributed by atoms with Crippen molar-refractivity contribution in [2.75, 3.05) is 0 Å². The van der Waals surface area contributed by atoms with Gasteiger partial charge in [-0.15, -0.1) is 12.6 Å². The molecular formula is C10H12O2S.